The van der Waals surface area contributed by atoms with E-state index >= 15 is 0 Å². The first-order chi connectivity index (χ1) is 10.1. The molecule has 2 aromatic rings. The zero-order valence-corrected chi connectivity index (χ0v) is 11.8. The highest BCUT2D eigenvalue weighted by molar-refractivity contribution is 5.92. The number of aromatic amines is 1. The molecule has 1 unspecified atom stereocenters. The SMILES string of the molecule is CC1CN(C(=O)c2nc3ccccc3c(=O)[nH]2)CCCO1. The third-order valence-electron chi connectivity index (χ3n) is 3.55. The fourth-order valence-electron chi connectivity index (χ4n) is 2.52. The third-order valence-corrected chi connectivity index (χ3v) is 3.55. The maximum absolute atomic E-state index is 12.5. The van der Waals surface area contributed by atoms with E-state index in [1.54, 1.807) is 29.2 Å². The van der Waals surface area contributed by atoms with Crippen molar-refractivity contribution in [2.45, 2.75) is 19.4 Å². The van der Waals surface area contributed by atoms with Crippen LogP contribution in [-0.2, 0) is 4.74 Å². The summed E-state index contributed by atoms with van der Waals surface area (Å²) in [7, 11) is 0. The van der Waals surface area contributed by atoms with E-state index in [2.05, 4.69) is 9.97 Å². The molecule has 0 saturated carbocycles. The van der Waals surface area contributed by atoms with Crippen LogP contribution in [0.4, 0.5) is 0 Å². The predicted octanol–water partition coefficient (Wildman–Crippen LogP) is 1.17. The highest BCUT2D eigenvalue weighted by atomic mass is 16.5. The first kappa shape index (κ1) is 13.8. The van der Waals surface area contributed by atoms with Crippen LogP contribution >= 0.6 is 0 Å². The number of carbonyl (C=O) groups excluding carboxylic acids is 1. The maximum atomic E-state index is 12.5. The molecule has 1 aliphatic rings. The van der Waals surface area contributed by atoms with Gasteiger partial charge in [0.1, 0.15) is 0 Å². The van der Waals surface area contributed by atoms with Crippen molar-refractivity contribution in [1.29, 1.82) is 0 Å². The summed E-state index contributed by atoms with van der Waals surface area (Å²) in [6.45, 7) is 3.70. The standard InChI is InChI=1S/C15H17N3O3/c1-10-9-18(7-4-8-21-10)15(20)13-16-12-6-3-2-5-11(12)14(19)17-13/h2-3,5-6,10H,4,7-9H2,1H3,(H,16,17,19). The zero-order chi connectivity index (χ0) is 14.8. The van der Waals surface area contributed by atoms with Crippen LogP contribution < -0.4 is 5.56 Å². The summed E-state index contributed by atoms with van der Waals surface area (Å²) in [5.74, 6) is -0.164. The highest BCUT2D eigenvalue weighted by Crippen LogP contribution is 2.10. The number of rotatable bonds is 1. The lowest BCUT2D eigenvalue weighted by atomic mass is 10.2. The van der Waals surface area contributed by atoms with Gasteiger partial charge in [0, 0.05) is 19.7 Å². The second kappa shape index (κ2) is 5.65. The molecule has 1 aromatic carbocycles. The molecule has 21 heavy (non-hydrogen) atoms. The molecular weight excluding hydrogens is 270 g/mol. The van der Waals surface area contributed by atoms with Crippen LogP contribution in [0.1, 0.15) is 24.0 Å². The van der Waals surface area contributed by atoms with E-state index in [0.29, 0.717) is 30.6 Å². The van der Waals surface area contributed by atoms with Gasteiger partial charge in [0.05, 0.1) is 17.0 Å². The van der Waals surface area contributed by atoms with E-state index in [0.717, 1.165) is 6.42 Å². The van der Waals surface area contributed by atoms with Crippen LogP contribution in [0.5, 0.6) is 0 Å². The average Bonchev–Trinajstić information content (AvgIpc) is 2.71. The number of amides is 1. The van der Waals surface area contributed by atoms with Gasteiger partial charge in [0.25, 0.3) is 11.5 Å². The molecule has 0 spiro atoms. The minimum absolute atomic E-state index is 0.0105. The van der Waals surface area contributed by atoms with Crippen LogP contribution in [0.15, 0.2) is 29.1 Å². The smallest absolute Gasteiger partial charge is 0.289 e. The molecule has 1 aliphatic heterocycles. The molecule has 0 bridgehead atoms. The molecule has 0 radical (unpaired) electrons. The number of benzene rings is 1. The van der Waals surface area contributed by atoms with Crippen molar-refractivity contribution in [3.8, 4) is 0 Å². The number of hydrogen-bond acceptors (Lipinski definition) is 4. The van der Waals surface area contributed by atoms with Crippen molar-refractivity contribution in [1.82, 2.24) is 14.9 Å². The Hall–Kier alpha value is -2.21. The highest BCUT2D eigenvalue weighted by Gasteiger charge is 2.23. The lowest BCUT2D eigenvalue weighted by Gasteiger charge is -2.21. The summed E-state index contributed by atoms with van der Waals surface area (Å²) in [4.78, 5) is 33.1. The molecule has 0 aliphatic carbocycles. The Morgan fingerprint density at radius 1 is 1.43 bits per heavy atom. The van der Waals surface area contributed by atoms with E-state index in [1.165, 1.54) is 0 Å². The van der Waals surface area contributed by atoms with Gasteiger partial charge < -0.3 is 14.6 Å². The van der Waals surface area contributed by atoms with Crippen molar-refractivity contribution < 1.29 is 9.53 Å². The Morgan fingerprint density at radius 3 is 3.10 bits per heavy atom. The van der Waals surface area contributed by atoms with Gasteiger partial charge in [-0.25, -0.2) is 4.98 Å². The van der Waals surface area contributed by atoms with Crippen LogP contribution in [0, 0.1) is 0 Å². The second-order valence-corrected chi connectivity index (χ2v) is 5.22. The van der Waals surface area contributed by atoms with Gasteiger partial charge in [-0.2, -0.15) is 0 Å². The summed E-state index contributed by atoms with van der Waals surface area (Å²) in [6, 6.07) is 6.99. The van der Waals surface area contributed by atoms with Crippen LogP contribution in [0.2, 0.25) is 0 Å². The van der Waals surface area contributed by atoms with E-state index in [-0.39, 0.29) is 23.4 Å². The summed E-state index contributed by atoms with van der Waals surface area (Å²) in [5, 5.41) is 0.488. The van der Waals surface area contributed by atoms with Crippen molar-refractivity contribution in [3.05, 3.63) is 40.4 Å². The van der Waals surface area contributed by atoms with Crippen molar-refractivity contribution >= 4 is 16.8 Å². The number of nitrogens with one attached hydrogen (secondary N) is 1. The van der Waals surface area contributed by atoms with Gasteiger partial charge in [0.2, 0.25) is 0 Å². The number of ether oxygens (including phenoxy) is 1. The molecule has 1 saturated heterocycles. The van der Waals surface area contributed by atoms with E-state index in [4.69, 9.17) is 4.74 Å². The Balaban J connectivity index is 1.95. The molecule has 1 aromatic heterocycles. The number of fused-ring (bicyclic) bond motifs is 1. The monoisotopic (exact) mass is 287 g/mol. The molecular formula is C15H17N3O3. The Morgan fingerprint density at radius 2 is 2.24 bits per heavy atom. The minimum atomic E-state index is -0.289. The lowest BCUT2D eigenvalue weighted by Crippen LogP contribution is -2.37. The largest absolute Gasteiger partial charge is 0.377 e. The minimum Gasteiger partial charge on any atom is -0.377 e. The van der Waals surface area contributed by atoms with E-state index in [1.807, 2.05) is 6.92 Å². The summed E-state index contributed by atoms with van der Waals surface area (Å²) in [6.07, 6.45) is 0.775. The molecule has 6 nitrogen and oxygen atoms in total. The molecule has 1 N–H and O–H groups in total. The molecule has 2 heterocycles. The van der Waals surface area contributed by atoms with Gasteiger partial charge in [-0.1, -0.05) is 12.1 Å². The molecule has 110 valence electrons. The Kier molecular flexibility index (Phi) is 3.70. The van der Waals surface area contributed by atoms with Gasteiger partial charge >= 0.3 is 0 Å². The lowest BCUT2D eigenvalue weighted by molar-refractivity contribution is 0.0556. The maximum Gasteiger partial charge on any atom is 0.289 e. The summed E-state index contributed by atoms with van der Waals surface area (Å²) in [5.41, 5.74) is 0.242. The zero-order valence-electron chi connectivity index (χ0n) is 11.8. The van der Waals surface area contributed by atoms with Gasteiger partial charge in [-0.05, 0) is 25.5 Å². The number of para-hydroxylation sites is 1. The van der Waals surface area contributed by atoms with Crippen molar-refractivity contribution in [2.24, 2.45) is 0 Å². The molecule has 1 atom stereocenters. The number of carbonyl (C=O) groups is 1. The first-order valence-electron chi connectivity index (χ1n) is 7.05. The van der Waals surface area contributed by atoms with Gasteiger partial charge in [-0.15, -0.1) is 0 Å². The van der Waals surface area contributed by atoms with Crippen LogP contribution in [0.25, 0.3) is 10.9 Å². The molecule has 6 heteroatoms. The molecule has 3 rings (SSSR count). The Bertz CT molecular complexity index is 725. The van der Waals surface area contributed by atoms with Crippen LogP contribution in [-0.4, -0.2) is 46.6 Å². The molecule has 1 amide bonds. The van der Waals surface area contributed by atoms with Gasteiger partial charge in [0.15, 0.2) is 5.82 Å². The fourth-order valence-corrected chi connectivity index (χ4v) is 2.52. The van der Waals surface area contributed by atoms with Crippen molar-refractivity contribution in [2.75, 3.05) is 19.7 Å². The van der Waals surface area contributed by atoms with Crippen LogP contribution in [0.3, 0.4) is 0 Å². The Labute approximate surface area is 121 Å². The molecule has 1 fully saturated rings. The quantitative estimate of drug-likeness (QED) is 0.854. The number of nitrogens with zero attached hydrogens (tertiary/aromatic N) is 2. The van der Waals surface area contributed by atoms with E-state index in [9.17, 15) is 9.59 Å². The fraction of sp³-hybridized carbons (Fsp3) is 0.400. The first-order valence-corrected chi connectivity index (χ1v) is 7.05. The summed E-state index contributed by atoms with van der Waals surface area (Å²) >= 11 is 0. The number of aromatic nitrogens is 2. The van der Waals surface area contributed by atoms with Crippen molar-refractivity contribution in [3.63, 3.8) is 0 Å². The summed E-state index contributed by atoms with van der Waals surface area (Å²) < 4.78 is 5.53. The van der Waals surface area contributed by atoms with Gasteiger partial charge in [-0.3, -0.25) is 9.59 Å². The topological polar surface area (TPSA) is 75.3 Å². The normalized spacial score (nSPS) is 19.5. The number of H-pyrrole nitrogens is 1. The second-order valence-electron chi connectivity index (χ2n) is 5.22. The average molecular weight is 287 g/mol. The third kappa shape index (κ3) is 2.80. The predicted molar refractivity (Wildman–Crippen MR) is 78.3 cm³/mol. The van der Waals surface area contributed by atoms with E-state index < -0.39 is 0 Å². The number of hydrogen-bond donors (Lipinski definition) is 1.